The minimum atomic E-state index is 0. The van der Waals surface area contributed by atoms with Gasteiger partial charge in [0.15, 0.2) is 0 Å². The second-order valence-electron chi connectivity index (χ2n) is 0. The van der Waals surface area contributed by atoms with Crippen molar-refractivity contribution in [3.63, 3.8) is 0 Å². The summed E-state index contributed by atoms with van der Waals surface area (Å²) >= 11 is 0. The van der Waals surface area contributed by atoms with Crippen molar-refractivity contribution in [2.75, 3.05) is 0 Å². The Labute approximate surface area is 81.8 Å². The summed E-state index contributed by atoms with van der Waals surface area (Å²) in [7, 11) is 0. The minimum Gasteiger partial charge on any atom is -2.00 e. The van der Waals surface area contributed by atoms with E-state index in [1.165, 1.54) is 0 Å². The fourth-order valence-corrected chi connectivity index (χ4v) is 0. The third-order valence-electron chi connectivity index (χ3n) is 0. The van der Waals surface area contributed by atoms with Gasteiger partial charge >= 0.3 is 77.3 Å². The van der Waals surface area contributed by atoms with Crippen LogP contribution in [0.2, 0.25) is 0 Å². The van der Waals surface area contributed by atoms with Crippen LogP contribution in [0.15, 0.2) is 0 Å². The Hall–Kier alpha value is 2.43. The number of hydrogen-bond donors (Lipinski definition) is 0. The maximum Gasteiger partial charge on any atom is 5.00 e. The molecule has 10 valence electrons. The van der Waals surface area contributed by atoms with Crippen LogP contribution in [-0.4, -0.2) is 0 Å². The zero-order valence-electron chi connectivity index (χ0n) is 3.26. The van der Waals surface area contributed by atoms with Gasteiger partial charge in [0.2, 0.25) is 0 Å². The van der Waals surface area contributed by atoms with Crippen LogP contribution in [0.25, 0.3) is 0 Å². The number of rotatable bonds is 0. The monoisotopic (exact) mass is 179 g/mol. The van der Waals surface area contributed by atoms with Gasteiger partial charge in [0.05, 0.1) is 0 Å². The molecule has 0 fully saturated rings. The van der Waals surface area contributed by atoms with Gasteiger partial charge < -0.3 is 5.48 Å². The first-order valence-electron chi connectivity index (χ1n) is 0. The van der Waals surface area contributed by atoms with E-state index in [0.29, 0.717) is 0 Å². The molecule has 0 aliphatic carbocycles. The third kappa shape index (κ3) is 21.4. The van der Waals surface area contributed by atoms with Gasteiger partial charge in [0.25, 0.3) is 0 Å². The fraction of sp³-hybridized carbons (Fsp3) is 0. The van der Waals surface area contributed by atoms with E-state index in [-0.39, 0.29) is 82.8 Å². The van der Waals surface area contributed by atoms with Gasteiger partial charge in [-0.05, 0) is 0 Å². The summed E-state index contributed by atoms with van der Waals surface area (Å²) in [5.74, 6) is 0. The normalized spacial score (nSPS) is 0. The smallest absolute Gasteiger partial charge is 2.00 e. The summed E-state index contributed by atoms with van der Waals surface area (Å²) in [5, 5.41) is 0. The van der Waals surface area contributed by atoms with E-state index in [2.05, 4.69) is 0 Å². The molecule has 0 aliphatic rings. The second kappa shape index (κ2) is 32.1. The molecule has 0 aromatic carbocycles. The molecule has 5 heavy (non-hydrogen) atoms. The molecule has 0 radical (unpaired) electrons. The van der Waals surface area contributed by atoms with Crippen LogP contribution < -0.4 is 37.7 Å². The molecule has 0 aliphatic heterocycles. The number of hydrogen-bond acceptors (Lipinski definition) is 0. The van der Waals surface area contributed by atoms with E-state index < -0.39 is 0 Å². The molecule has 0 N–H and O–H groups in total. The van der Waals surface area contributed by atoms with Crippen LogP contribution >= 0.6 is 0 Å². The van der Waals surface area contributed by atoms with Crippen molar-refractivity contribution in [2.24, 2.45) is 0 Å². The van der Waals surface area contributed by atoms with Gasteiger partial charge in [-0.1, -0.05) is 0 Å². The predicted octanol–water partition coefficient (Wildman–Crippen LogP) is -6.12. The zero-order chi connectivity index (χ0) is 0. The third-order valence-corrected chi connectivity index (χ3v) is 0. The summed E-state index contributed by atoms with van der Waals surface area (Å²) in [6, 6.07) is 0. The maximum atomic E-state index is 0. The Kier molecular flexibility index (Phi) is 335. The van der Waals surface area contributed by atoms with Crippen LogP contribution in [0.5, 0.6) is 0 Å². The van der Waals surface area contributed by atoms with E-state index in [9.17, 15) is 0 Å². The van der Waals surface area contributed by atoms with E-state index >= 15 is 0 Å². The maximum absolute atomic E-state index is 0. The minimum absolute atomic E-state index is 0. The van der Waals surface area contributed by atoms with Gasteiger partial charge in [-0.3, -0.25) is 0 Å². The topological polar surface area (TPSA) is 28.5 Å². The van der Waals surface area contributed by atoms with Gasteiger partial charge in [-0.25, -0.2) is 0 Å². The first-order valence-corrected chi connectivity index (χ1v) is 0. The molecule has 5 heteroatoms. The summed E-state index contributed by atoms with van der Waals surface area (Å²) in [6.07, 6.45) is 0. The Balaban J connectivity index is 0. The van der Waals surface area contributed by atoms with Crippen LogP contribution in [0.1, 0.15) is 0 Å². The van der Waals surface area contributed by atoms with Crippen LogP contribution in [0.4, 0.5) is 0 Å². The summed E-state index contributed by atoms with van der Waals surface area (Å²) in [6.45, 7) is 0. The van der Waals surface area contributed by atoms with Crippen molar-refractivity contribution < 1.29 is 82.8 Å². The molecule has 0 aromatic rings. The van der Waals surface area contributed by atoms with Crippen LogP contribution in [-0.2, 0) is 45.1 Å². The van der Waals surface area contributed by atoms with Gasteiger partial charge in [0.1, 0.15) is 0 Å². The molecule has 1 nitrogen and oxygen atoms in total. The molecular formula is Li2MoOV+9. The summed E-state index contributed by atoms with van der Waals surface area (Å²) < 4.78 is 0. The van der Waals surface area contributed by atoms with Crippen LogP contribution in [0.3, 0.4) is 0 Å². The molecule has 0 unspecified atom stereocenters. The Morgan fingerprint density at radius 1 is 0.800 bits per heavy atom. The van der Waals surface area contributed by atoms with Gasteiger partial charge in [-0.2, -0.15) is 0 Å². The zero-order valence-corrected chi connectivity index (χ0v) is 6.67. The molecule has 0 atom stereocenters. The fourth-order valence-electron chi connectivity index (χ4n) is 0. The summed E-state index contributed by atoms with van der Waals surface area (Å²) in [5.41, 5.74) is 0. The van der Waals surface area contributed by atoms with Gasteiger partial charge in [-0.15, -0.1) is 0 Å². The standard InChI is InChI=1S/2Li.Mo.O.V/q2*+1;+4;-2;+5. The quantitative estimate of drug-likeness (QED) is 0.329. The first-order chi connectivity index (χ1) is 0. The molecule has 0 spiro atoms. The van der Waals surface area contributed by atoms with Crippen LogP contribution in [0, 0.1) is 0 Å². The van der Waals surface area contributed by atoms with Crippen molar-refractivity contribution >= 4 is 0 Å². The molecule has 0 rings (SSSR count). The predicted molar refractivity (Wildman–Crippen MR) is 0.686 cm³/mol. The SMILES string of the molecule is [Li+].[Li+].[Mo+4].[O-2].[V+5]. The Morgan fingerprint density at radius 2 is 0.800 bits per heavy atom. The van der Waals surface area contributed by atoms with E-state index in [1.54, 1.807) is 0 Å². The Bertz CT molecular complexity index is 9.61. The van der Waals surface area contributed by atoms with Crippen molar-refractivity contribution in [1.29, 1.82) is 0 Å². The van der Waals surface area contributed by atoms with Crippen molar-refractivity contribution in [3.05, 3.63) is 0 Å². The van der Waals surface area contributed by atoms with Crippen molar-refractivity contribution in [3.8, 4) is 0 Å². The molecule has 0 saturated heterocycles. The molecule has 0 bridgehead atoms. The molecular weight excluding hydrogens is 177 g/mol. The molecule has 0 amide bonds. The van der Waals surface area contributed by atoms with E-state index in [4.69, 9.17) is 0 Å². The largest absolute Gasteiger partial charge is 5.00 e. The Morgan fingerprint density at radius 3 is 0.800 bits per heavy atom. The van der Waals surface area contributed by atoms with Crippen molar-refractivity contribution in [2.45, 2.75) is 0 Å². The average Bonchev–Trinajstić information content (AvgIpc) is 0. The van der Waals surface area contributed by atoms with Crippen molar-refractivity contribution in [1.82, 2.24) is 0 Å². The molecule has 0 heterocycles. The second-order valence-corrected chi connectivity index (χ2v) is 0. The van der Waals surface area contributed by atoms with E-state index in [0.717, 1.165) is 0 Å². The summed E-state index contributed by atoms with van der Waals surface area (Å²) in [4.78, 5) is 0. The van der Waals surface area contributed by atoms with Gasteiger partial charge in [0, 0.05) is 0 Å². The average molecular weight is 177 g/mol. The molecule has 0 saturated carbocycles. The van der Waals surface area contributed by atoms with E-state index in [1.807, 2.05) is 0 Å². The molecule has 0 aromatic heterocycles. The first kappa shape index (κ1) is 52.1.